The normalized spacial score (nSPS) is 27.2. The smallest absolute Gasteiger partial charge is 0.192 e. The minimum absolute atomic E-state index is 0.0273. The van der Waals surface area contributed by atoms with Crippen LogP contribution < -0.4 is 5.73 Å². The molecule has 1 saturated heterocycles. The van der Waals surface area contributed by atoms with Gasteiger partial charge in [-0.2, -0.15) is 0 Å². The number of rotatable bonds is 1. The topological polar surface area (TPSA) is 50.9 Å². The van der Waals surface area contributed by atoms with E-state index in [-0.39, 0.29) is 5.54 Å². The van der Waals surface area contributed by atoms with Gasteiger partial charge in [0.1, 0.15) is 0 Å². The molecule has 4 nitrogen and oxygen atoms in total. The molecule has 0 spiro atoms. The molecule has 0 bridgehead atoms. The summed E-state index contributed by atoms with van der Waals surface area (Å²) in [6, 6.07) is 0.447. The molecule has 0 atom stereocenters. The highest BCUT2D eigenvalue weighted by molar-refractivity contribution is 5.79. The van der Waals surface area contributed by atoms with Gasteiger partial charge in [-0.25, -0.2) is 4.99 Å². The van der Waals surface area contributed by atoms with Gasteiger partial charge in [-0.1, -0.05) is 19.3 Å². The summed E-state index contributed by atoms with van der Waals surface area (Å²) in [5.74, 6) is 0.713. The number of nitrogens with zero attached hydrogens (tertiary/aromatic N) is 2. The van der Waals surface area contributed by atoms with Gasteiger partial charge in [0.25, 0.3) is 0 Å². The molecule has 1 aliphatic heterocycles. The molecule has 2 N–H and O–H groups in total. The number of guanidine groups is 1. The molecule has 98 valence electrons. The molecule has 1 heterocycles. The van der Waals surface area contributed by atoms with Gasteiger partial charge in [-0.05, 0) is 26.7 Å². The third kappa shape index (κ3) is 3.12. The van der Waals surface area contributed by atoms with Gasteiger partial charge in [0.15, 0.2) is 5.96 Å². The highest BCUT2D eigenvalue weighted by Crippen LogP contribution is 2.22. The zero-order valence-electron chi connectivity index (χ0n) is 11.1. The Bertz CT molecular complexity index is 282. The first-order chi connectivity index (χ1) is 8.09. The van der Waals surface area contributed by atoms with Crippen molar-refractivity contribution < 1.29 is 4.74 Å². The van der Waals surface area contributed by atoms with Crippen LogP contribution in [0.5, 0.6) is 0 Å². The molecule has 0 unspecified atom stereocenters. The fraction of sp³-hybridized carbons (Fsp3) is 0.923. The number of hydrogen-bond donors (Lipinski definition) is 1. The van der Waals surface area contributed by atoms with E-state index in [1.165, 1.54) is 32.1 Å². The van der Waals surface area contributed by atoms with Crippen LogP contribution in [0.25, 0.3) is 0 Å². The average Bonchev–Trinajstić information content (AvgIpc) is 2.29. The highest BCUT2D eigenvalue weighted by atomic mass is 16.5. The van der Waals surface area contributed by atoms with Gasteiger partial charge >= 0.3 is 0 Å². The summed E-state index contributed by atoms with van der Waals surface area (Å²) in [5.41, 5.74) is 6.15. The lowest BCUT2D eigenvalue weighted by atomic mass is 9.96. The molecule has 4 heteroatoms. The molecular formula is C13H25N3O. The maximum Gasteiger partial charge on any atom is 0.192 e. The summed E-state index contributed by atoms with van der Waals surface area (Å²) in [4.78, 5) is 6.92. The monoisotopic (exact) mass is 239 g/mol. The molecule has 2 fully saturated rings. The van der Waals surface area contributed by atoms with Crippen molar-refractivity contribution in [1.82, 2.24) is 4.90 Å². The average molecular weight is 239 g/mol. The van der Waals surface area contributed by atoms with Crippen molar-refractivity contribution in [3.63, 3.8) is 0 Å². The number of morpholine rings is 1. The van der Waals surface area contributed by atoms with E-state index in [9.17, 15) is 0 Å². The maximum absolute atomic E-state index is 6.18. The first-order valence-electron chi connectivity index (χ1n) is 6.78. The minimum Gasteiger partial charge on any atom is -0.377 e. The van der Waals surface area contributed by atoms with Crippen LogP contribution in [0.3, 0.4) is 0 Å². The quantitative estimate of drug-likeness (QED) is 0.560. The van der Waals surface area contributed by atoms with Gasteiger partial charge in [-0.15, -0.1) is 0 Å². The van der Waals surface area contributed by atoms with Crippen LogP contribution in [0, 0.1) is 0 Å². The van der Waals surface area contributed by atoms with Crippen LogP contribution in [0.4, 0.5) is 0 Å². The standard InChI is InChI=1S/C13H25N3O/c1-13(2)10-17-9-8-16(13)12(14)15-11-6-4-3-5-7-11/h11H,3-10H2,1-2H3,(H2,14,15). The number of aliphatic imine (C=N–C) groups is 1. The van der Waals surface area contributed by atoms with Crippen molar-refractivity contribution in [1.29, 1.82) is 0 Å². The van der Waals surface area contributed by atoms with Crippen molar-refractivity contribution in [2.45, 2.75) is 57.5 Å². The Morgan fingerprint density at radius 1 is 1.29 bits per heavy atom. The van der Waals surface area contributed by atoms with Crippen molar-refractivity contribution in [3.8, 4) is 0 Å². The number of hydrogen-bond acceptors (Lipinski definition) is 2. The number of nitrogens with two attached hydrogens (primary N) is 1. The molecule has 0 radical (unpaired) electrons. The predicted octanol–water partition coefficient (Wildman–Crippen LogP) is 1.74. The Morgan fingerprint density at radius 3 is 2.65 bits per heavy atom. The van der Waals surface area contributed by atoms with Gasteiger partial charge < -0.3 is 15.4 Å². The molecule has 0 aromatic heterocycles. The minimum atomic E-state index is -0.0273. The van der Waals surface area contributed by atoms with Crippen LogP contribution in [-0.4, -0.2) is 42.2 Å². The second kappa shape index (κ2) is 5.25. The molecule has 1 aliphatic carbocycles. The van der Waals surface area contributed by atoms with E-state index in [0.717, 1.165) is 19.8 Å². The molecular weight excluding hydrogens is 214 g/mol. The zero-order valence-corrected chi connectivity index (χ0v) is 11.1. The second-order valence-corrected chi connectivity index (χ2v) is 5.80. The lowest BCUT2D eigenvalue weighted by Gasteiger charge is -2.43. The van der Waals surface area contributed by atoms with Crippen LogP contribution in [-0.2, 0) is 4.74 Å². The zero-order chi connectivity index (χ0) is 12.3. The van der Waals surface area contributed by atoms with E-state index in [1.54, 1.807) is 0 Å². The Kier molecular flexibility index (Phi) is 3.92. The third-order valence-electron chi connectivity index (χ3n) is 3.81. The predicted molar refractivity (Wildman–Crippen MR) is 70.1 cm³/mol. The van der Waals surface area contributed by atoms with Crippen LogP contribution >= 0.6 is 0 Å². The summed E-state index contributed by atoms with van der Waals surface area (Å²) in [5, 5.41) is 0. The Morgan fingerprint density at radius 2 is 2.00 bits per heavy atom. The van der Waals surface area contributed by atoms with Crippen molar-refractivity contribution >= 4 is 5.96 Å². The van der Waals surface area contributed by atoms with Gasteiger partial charge in [0.2, 0.25) is 0 Å². The van der Waals surface area contributed by atoms with Gasteiger partial charge in [-0.3, -0.25) is 0 Å². The number of ether oxygens (including phenoxy) is 1. The van der Waals surface area contributed by atoms with E-state index >= 15 is 0 Å². The largest absolute Gasteiger partial charge is 0.377 e. The summed E-state index contributed by atoms with van der Waals surface area (Å²) >= 11 is 0. The Labute approximate surface area is 104 Å². The second-order valence-electron chi connectivity index (χ2n) is 5.80. The van der Waals surface area contributed by atoms with Crippen LogP contribution in [0.2, 0.25) is 0 Å². The summed E-state index contributed by atoms with van der Waals surface area (Å²) in [6.45, 7) is 6.66. The van der Waals surface area contributed by atoms with Crippen LogP contribution in [0.15, 0.2) is 4.99 Å². The van der Waals surface area contributed by atoms with E-state index in [2.05, 4.69) is 18.7 Å². The van der Waals surface area contributed by atoms with E-state index < -0.39 is 0 Å². The summed E-state index contributed by atoms with van der Waals surface area (Å²) in [6.07, 6.45) is 6.35. The van der Waals surface area contributed by atoms with E-state index in [1.807, 2.05) is 0 Å². The first-order valence-corrected chi connectivity index (χ1v) is 6.78. The maximum atomic E-state index is 6.18. The highest BCUT2D eigenvalue weighted by Gasteiger charge is 2.32. The fourth-order valence-electron chi connectivity index (χ4n) is 2.75. The van der Waals surface area contributed by atoms with Crippen molar-refractivity contribution in [3.05, 3.63) is 0 Å². The van der Waals surface area contributed by atoms with Crippen LogP contribution in [0.1, 0.15) is 46.0 Å². The van der Waals surface area contributed by atoms with E-state index in [4.69, 9.17) is 15.5 Å². The fourth-order valence-corrected chi connectivity index (χ4v) is 2.75. The van der Waals surface area contributed by atoms with Crippen molar-refractivity contribution in [2.24, 2.45) is 10.7 Å². The Hall–Kier alpha value is -0.770. The van der Waals surface area contributed by atoms with E-state index in [0.29, 0.717) is 12.0 Å². The SMILES string of the molecule is CC1(C)COCCN1C(N)=NC1CCCCC1. The molecule has 2 aliphatic rings. The first kappa shape index (κ1) is 12.7. The Balaban J connectivity index is 2.01. The molecule has 0 aromatic rings. The summed E-state index contributed by atoms with van der Waals surface area (Å²) < 4.78 is 5.50. The molecule has 2 rings (SSSR count). The molecule has 0 amide bonds. The molecule has 1 saturated carbocycles. The lowest BCUT2D eigenvalue weighted by molar-refractivity contribution is -0.0158. The lowest BCUT2D eigenvalue weighted by Crippen LogP contribution is -2.58. The van der Waals surface area contributed by atoms with Gasteiger partial charge in [0.05, 0.1) is 24.8 Å². The summed E-state index contributed by atoms with van der Waals surface area (Å²) in [7, 11) is 0. The van der Waals surface area contributed by atoms with Crippen molar-refractivity contribution in [2.75, 3.05) is 19.8 Å². The third-order valence-corrected chi connectivity index (χ3v) is 3.81. The molecule has 17 heavy (non-hydrogen) atoms. The van der Waals surface area contributed by atoms with Gasteiger partial charge in [0, 0.05) is 6.54 Å². The molecule has 0 aromatic carbocycles.